The van der Waals surface area contributed by atoms with Crippen molar-refractivity contribution in [2.75, 3.05) is 19.8 Å². The largest absolute Gasteiger partial charge is 0.323 e. The molecule has 0 radical (unpaired) electrons. The Morgan fingerprint density at radius 1 is 1.25 bits per heavy atom. The Balaban J connectivity index is 1.36. The third kappa shape index (κ3) is 2.86. The van der Waals surface area contributed by atoms with Crippen LogP contribution in [0.5, 0.6) is 0 Å². The van der Waals surface area contributed by atoms with E-state index in [0.717, 1.165) is 18.5 Å². The highest BCUT2D eigenvalue weighted by Gasteiger charge is 2.48. The molecule has 24 heavy (non-hydrogen) atoms. The highest BCUT2D eigenvalue weighted by atomic mass is 16.6. The van der Waals surface area contributed by atoms with Crippen molar-refractivity contribution in [1.82, 2.24) is 9.80 Å². The monoisotopic (exact) mass is 329 g/mol. The van der Waals surface area contributed by atoms with Crippen LogP contribution in [0.15, 0.2) is 24.3 Å². The van der Waals surface area contributed by atoms with Crippen LogP contribution < -0.4 is 0 Å². The Hall–Kier alpha value is -2.44. The van der Waals surface area contributed by atoms with E-state index in [1.165, 1.54) is 25.0 Å². The fourth-order valence-corrected chi connectivity index (χ4v) is 3.43. The van der Waals surface area contributed by atoms with Crippen LogP contribution in [0.4, 0.5) is 5.69 Å². The predicted molar refractivity (Wildman–Crippen MR) is 85.0 cm³/mol. The van der Waals surface area contributed by atoms with Gasteiger partial charge in [-0.2, -0.15) is 0 Å². The van der Waals surface area contributed by atoms with Crippen molar-refractivity contribution < 1.29 is 14.5 Å². The molecule has 0 unspecified atom stereocenters. The maximum absolute atomic E-state index is 12.6. The maximum atomic E-state index is 12.6. The van der Waals surface area contributed by atoms with Gasteiger partial charge in [-0.05, 0) is 36.7 Å². The average Bonchev–Trinajstić information content (AvgIpc) is 3.47. The van der Waals surface area contributed by atoms with Gasteiger partial charge in [-0.3, -0.25) is 19.7 Å². The highest BCUT2D eigenvalue weighted by molar-refractivity contribution is 5.90. The first kappa shape index (κ1) is 15.1. The smallest absolute Gasteiger partial charge is 0.269 e. The van der Waals surface area contributed by atoms with E-state index in [-0.39, 0.29) is 35.9 Å². The van der Waals surface area contributed by atoms with Crippen molar-refractivity contribution in [2.45, 2.75) is 25.2 Å². The standard InChI is InChI=1S/C17H19N3O4/c21-16-9-19(10-18(16)8-11-1-2-11)17(22)15-7-14(15)12-3-5-13(6-4-12)20(23)24/h3-6,11,14-15H,1-2,7-10H2/t14-,15+/m0/s1. The van der Waals surface area contributed by atoms with Crippen LogP contribution in [-0.4, -0.2) is 46.3 Å². The molecule has 4 rings (SSSR count). The van der Waals surface area contributed by atoms with Crippen molar-refractivity contribution in [3.8, 4) is 0 Å². The molecular weight excluding hydrogens is 310 g/mol. The zero-order valence-corrected chi connectivity index (χ0v) is 13.3. The maximum Gasteiger partial charge on any atom is 0.269 e. The topological polar surface area (TPSA) is 83.8 Å². The van der Waals surface area contributed by atoms with Crippen molar-refractivity contribution in [2.24, 2.45) is 11.8 Å². The molecule has 0 N–H and O–H groups in total. The van der Waals surface area contributed by atoms with Gasteiger partial charge in [0.1, 0.15) is 6.54 Å². The summed E-state index contributed by atoms with van der Waals surface area (Å²) in [5.74, 6) is 0.719. The molecule has 0 aromatic heterocycles. The molecule has 7 nitrogen and oxygen atoms in total. The summed E-state index contributed by atoms with van der Waals surface area (Å²) >= 11 is 0. The molecule has 1 aromatic rings. The minimum atomic E-state index is -0.427. The number of carbonyl (C=O) groups excluding carboxylic acids is 2. The van der Waals surface area contributed by atoms with Crippen molar-refractivity contribution in [3.63, 3.8) is 0 Å². The molecular formula is C17H19N3O4. The van der Waals surface area contributed by atoms with E-state index in [1.54, 1.807) is 21.9 Å². The number of hydrogen-bond acceptors (Lipinski definition) is 4. The molecule has 126 valence electrons. The van der Waals surface area contributed by atoms with E-state index in [1.807, 2.05) is 0 Å². The van der Waals surface area contributed by atoms with E-state index in [0.29, 0.717) is 12.6 Å². The van der Waals surface area contributed by atoms with Crippen molar-refractivity contribution >= 4 is 17.5 Å². The second-order valence-corrected chi connectivity index (χ2v) is 7.03. The molecule has 2 saturated carbocycles. The van der Waals surface area contributed by atoms with Crippen LogP contribution in [0.1, 0.15) is 30.7 Å². The van der Waals surface area contributed by atoms with Gasteiger partial charge in [0.2, 0.25) is 11.8 Å². The lowest BCUT2D eigenvalue weighted by molar-refractivity contribution is -0.384. The van der Waals surface area contributed by atoms with E-state index in [4.69, 9.17) is 0 Å². The predicted octanol–water partition coefficient (Wildman–Crippen LogP) is 1.74. The molecule has 1 saturated heterocycles. The summed E-state index contributed by atoms with van der Waals surface area (Å²) in [7, 11) is 0. The first-order valence-electron chi connectivity index (χ1n) is 8.34. The molecule has 0 spiro atoms. The zero-order valence-electron chi connectivity index (χ0n) is 13.3. The summed E-state index contributed by atoms with van der Waals surface area (Å²) < 4.78 is 0. The molecule has 1 aromatic carbocycles. The number of amides is 2. The van der Waals surface area contributed by atoms with E-state index >= 15 is 0 Å². The van der Waals surface area contributed by atoms with Gasteiger partial charge in [-0.15, -0.1) is 0 Å². The van der Waals surface area contributed by atoms with Crippen LogP contribution in [0.2, 0.25) is 0 Å². The van der Waals surface area contributed by atoms with E-state index < -0.39 is 4.92 Å². The highest BCUT2D eigenvalue weighted by Crippen LogP contribution is 2.49. The third-order valence-electron chi connectivity index (χ3n) is 5.15. The fraction of sp³-hybridized carbons (Fsp3) is 0.529. The number of nitro groups is 1. The summed E-state index contributed by atoms with van der Waals surface area (Å²) in [6.45, 7) is 1.38. The molecule has 2 aliphatic carbocycles. The van der Waals surface area contributed by atoms with Crippen molar-refractivity contribution in [3.05, 3.63) is 39.9 Å². The van der Waals surface area contributed by atoms with Crippen LogP contribution in [0, 0.1) is 22.0 Å². The van der Waals surface area contributed by atoms with Gasteiger partial charge >= 0.3 is 0 Å². The van der Waals surface area contributed by atoms with E-state index in [2.05, 4.69) is 0 Å². The van der Waals surface area contributed by atoms with Crippen LogP contribution in [0.25, 0.3) is 0 Å². The summed E-state index contributed by atoms with van der Waals surface area (Å²) in [5.41, 5.74) is 1.02. The quantitative estimate of drug-likeness (QED) is 0.608. The number of benzene rings is 1. The second-order valence-electron chi connectivity index (χ2n) is 7.03. The molecule has 3 aliphatic rings. The summed E-state index contributed by atoms with van der Waals surface area (Å²) in [5, 5.41) is 10.7. The van der Waals surface area contributed by atoms with Crippen molar-refractivity contribution in [1.29, 1.82) is 0 Å². The van der Waals surface area contributed by atoms with E-state index in [9.17, 15) is 19.7 Å². The van der Waals surface area contributed by atoms with Gasteiger partial charge < -0.3 is 9.80 Å². The summed E-state index contributed by atoms with van der Waals surface area (Å²) in [6, 6.07) is 6.41. The van der Waals surface area contributed by atoms with Crippen LogP contribution in [0.3, 0.4) is 0 Å². The lowest BCUT2D eigenvalue weighted by Crippen LogP contribution is -2.33. The number of carbonyl (C=O) groups is 2. The van der Waals surface area contributed by atoms with Gasteiger partial charge in [-0.1, -0.05) is 12.1 Å². The molecule has 7 heteroatoms. The second kappa shape index (κ2) is 5.58. The van der Waals surface area contributed by atoms with Gasteiger partial charge in [-0.25, -0.2) is 0 Å². The van der Waals surface area contributed by atoms with Gasteiger partial charge in [0, 0.05) is 24.6 Å². The van der Waals surface area contributed by atoms with Gasteiger partial charge in [0.25, 0.3) is 5.69 Å². The molecule has 0 bridgehead atoms. The van der Waals surface area contributed by atoms with Crippen LogP contribution >= 0.6 is 0 Å². The molecule has 1 aliphatic heterocycles. The Morgan fingerprint density at radius 2 is 1.96 bits per heavy atom. The Labute approximate surface area is 139 Å². The lowest BCUT2D eigenvalue weighted by Gasteiger charge is -2.18. The zero-order chi connectivity index (χ0) is 16.8. The van der Waals surface area contributed by atoms with Gasteiger partial charge in [0.15, 0.2) is 0 Å². The normalized spacial score (nSPS) is 25.9. The first-order valence-corrected chi connectivity index (χ1v) is 8.34. The summed E-state index contributed by atoms with van der Waals surface area (Å²) in [6.07, 6.45) is 3.12. The average molecular weight is 329 g/mol. The van der Waals surface area contributed by atoms with Crippen LogP contribution in [-0.2, 0) is 9.59 Å². The molecule has 1 heterocycles. The third-order valence-corrected chi connectivity index (χ3v) is 5.15. The number of hydrogen-bond donors (Lipinski definition) is 0. The number of non-ortho nitro benzene ring substituents is 1. The first-order chi connectivity index (χ1) is 11.5. The number of nitro benzene ring substituents is 1. The lowest BCUT2D eigenvalue weighted by atomic mass is 10.1. The minimum absolute atomic E-state index is 0.0324. The Morgan fingerprint density at radius 3 is 2.58 bits per heavy atom. The number of nitrogens with zero attached hydrogens (tertiary/aromatic N) is 3. The minimum Gasteiger partial charge on any atom is -0.323 e. The molecule has 2 amide bonds. The SMILES string of the molecule is O=C1CN(C(=O)[C@@H]2C[C@H]2c2ccc([N+](=O)[O-])cc2)CN1CC1CC1. The fourth-order valence-electron chi connectivity index (χ4n) is 3.43. The molecule has 2 atom stereocenters. The Kier molecular flexibility index (Phi) is 3.51. The van der Waals surface area contributed by atoms with Gasteiger partial charge in [0.05, 0.1) is 11.6 Å². The molecule has 3 fully saturated rings. The Bertz CT molecular complexity index is 698. The summed E-state index contributed by atoms with van der Waals surface area (Å²) in [4.78, 5) is 38.3. The number of rotatable bonds is 5.